The lowest BCUT2D eigenvalue weighted by atomic mass is 10.1. The molecule has 2 rings (SSSR count). The summed E-state index contributed by atoms with van der Waals surface area (Å²) in [5.41, 5.74) is 0.965. The van der Waals surface area contributed by atoms with Crippen molar-refractivity contribution in [1.82, 2.24) is 4.90 Å². The van der Waals surface area contributed by atoms with Gasteiger partial charge in [0.05, 0.1) is 13.0 Å². The molecular formula is C12H12BrNO2. The van der Waals surface area contributed by atoms with Crippen molar-refractivity contribution in [3.8, 4) is 0 Å². The third-order valence-electron chi connectivity index (χ3n) is 2.68. The summed E-state index contributed by atoms with van der Waals surface area (Å²) in [6.07, 6.45) is 0.858. The number of nitrogens with zero attached hydrogens (tertiary/aromatic N) is 1. The minimum absolute atomic E-state index is 0.0257. The highest BCUT2D eigenvalue weighted by atomic mass is 79.9. The van der Waals surface area contributed by atoms with Crippen LogP contribution in [0.15, 0.2) is 28.7 Å². The van der Waals surface area contributed by atoms with E-state index < -0.39 is 0 Å². The maximum Gasteiger partial charge on any atom is 0.227 e. The predicted octanol–water partition coefficient (Wildman–Crippen LogP) is 1.79. The summed E-state index contributed by atoms with van der Waals surface area (Å²) in [5.74, 6) is 0.179. The molecule has 1 aliphatic rings. The van der Waals surface area contributed by atoms with Gasteiger partial charge in [-0.1, -0.05) is 34.1 Å². The van der Waals surface area contributed by atoms with Crippen molar-refractivity contribution in [2.75, 3.05) is 13.1 Å². The van der Waals surface area contributed by atoms with Crippen LogP contribution in [0.3, 0.4) is 0 Å². The summed E-state index contributed by atoms with van der Waals surface area (Å²) in [6.45, 7) is 0.853. The minimum Gasteiger partial charge on any atom is -0.335 e. The van der Waals surface area contributed by atoms with Gasteiger partial charge in [-0.15, -0.1) is 0 Å². The fraction of sp³-hybridized carbons (Fsp3) is 0.333. The van der Waals surface area contributed by atoms with Crippen LogP contribution in [0.2, 0.25) is 0 Å². The summed E-state index contributed by atoms with van der Waals surface area (Å²) in [6, 6.07) is 7.65. The van der Waals surface area contributed by atoms with Gasteiger partial charge >= 0.3 is 0 Å². The molecule has 1 saturated heterocycles. The van der Waals surface area contributed by atoms with E-state index in [9.17, 15) is 9.59 Å². The van der Waals surface area contributed by atoms with E-state index in [4.69, 9.17) is 0 Å². The predicted molar refractivity (Wildman–Crippen MR) is 64.1 cm³/mol. The number of rotatable bonds is 2. The Morgan fingerprint density at radius 3 is 2.75 bits per heavy atom. The standard InChI is InChI=1S/C12H12BrNO2/c13-11-4-2-1-3-9(11)7-12(16)14-6-5-10(15)8-14/h1-4H,5-8H2. The smallest absolute Gasteiger partial charge is 0.227 e. The number of likely N-dealkylation sites (tertiary alicyclic amines) is 1. The zero-order valence-electron chi connectivity index (χ0n) is 8.78. The topological polar surface area (TPSA) is 37.4 Å². The molecule has 1 aromatic carbocycles. The molecule has 84 valence electrons. The van der Waals surface area contributed by atoms with Crippen LogP contribution < -0.4 is 0 Å². The fourth-order valence-corrected chi connectivity index (χ4v) is 2.18. The van der Waals surface area contributed by atoms with E-state index in [-0.39, 0.29) is 18.2 Å². The molecule has 1 fully saturated rings. The van der Waals surface area contributed by atoms with E-state index >= 15 is 0 Å². The molecule has 1 aromatic rings. The van der Waals surface area contributed by atoms with E-state index in [0.29, 0.717) is 19.4 Å². The molecule has 0 atom stereocenters. The third kappa shape index (κ3) is 2.50. The average Bonchev–Trinajstić information content (AvgIpc) is 2.68. The SMILES string of the molecule is O=C1CCN(C(=O)Cc2ccccc2Br)C1. The summed E-state index contributed by atoms with van der Waals surface area (Å²) in [4.78, 5) is 24.6. The number of benzene rings is 1. The second-order valence-electron chi connectivity index (χ2n) is 3.87. The lowest BCUT2D eigenvalue weighted by molar-refractivity contribution is -0.131. The Kier molecular flexibility index (Phi) is 3.39. The molecule has 0 bridgehead atoms. The molecule has 0 aromatic heterocycles. The third-order valence-corrected chi connectivity index (χ3v) is 3.45. The molecule has 0 unspecified atom stereocenters. The van der Waals surface area contributed by atoms with Gasteiger partial charge in [-0.25, -0.2) is 0 Å². The highest BCUT2D eigenvalue weighted by Crippen LogP contribution is 2.17. The molecule has 1 heterocycles. The normalized spacial score (nSPS) is 15.6. The summed E-state index contributed by atoms with van der Waals surface area (Å²) >= 11 is 3.41. The number of hydrogen-bond acceptors (Lipinski definition) is 2. The van der Waals surface area contributed by atoms with Gasteiger partial charge < -0.3 is 4.90 Å². The van der Waals surface area contributed by atoms with Gasteiger partial charge in [-0.2, -0.15) is 0 Å². The van der Waals surface area contributed by atoms with Gasteiger partial charge in [0.2, 0.25) is 5.91 Å². The highest BCUT2D eigenvalue weighted by Gasteiger charge is 2.23. The van der Waals surface area contributed by atoms with Gasteiger partial charge in [0.15, 0.2) is 5.78 Å². The van der Waals surface area contributed by atoms with Crippen molar-refractivity contribution in [2.45, 2.75) is 12.8 Å². The number of halogens is 1. The van der Waals surface area contributed by atoms with Crippen LogP contribution >= 0.6 is 15.9 Å². The maximum absolute atomic E-state index is 11.9. The lowest BCUT2D eigenvalue weighted by Gasteiger charge is -2.14. The first kappa shape index (κ1) is 11.3. The number of carbonyl (C=O) groups is 2. The van der Waals surface area contributed by atoms with Gasteiger partial charge in [0, 0.05) is 17.4 Å². The molecule has 3 nitrogen and oxygen atoms in total. The average molecular weight is 282 g/mol. The molecule has 1 aliphatic heterocycles. The maximum atomic E-state index is 11.9. The van der Waals surface area contributed by atoms with Crippen molar-refractivity contribution in [2.24, 2.45) is 0 Å². The number of amides is 1. The van der Waals surface area contributed by atoms with Gasteiger partial charge in [0.1, 0.15) is 0 Å². The lowest BCUT2D eigenvalue weighted by Crippen LogP contribution is -2.30. The van der Waals surface area contributed by atoms with E-state index in [1.807, 2.05) is 24.3 Å². The summed E-state index contributed by atoms with van der Waals surface area (Å²) < 4.78 is 0.939. The van der Waals surface area contributed by atoms with Gasteiger partial charge in [0.25, 0.3) is 0 Å². The van der Waals surface area contributed by atoms with Crippen molar-refractivity contribution in [1.29, 1.82) is 0 Å². The molecule has 0 aliphatic carbocycles. The number of ketones is 1. The zero-order chi connectivity index (χ0) is 11.5. The number of Topliss-reactive ketones (excluding diaryl/α,β-unsaturated/α-hetero) is 1. The summed E-state index contributed by atoms with van der Waals surface area (Å²) in [7, 11) is 0. The second-order valence-corrected chi connectivity index (χ2v) is 4.73. The molecule has 16 heavy (non-hydrogen) atoms. The van der Waals surface area contributed by atoms with Crippen LogP contribution in [0.25, 0.3) is 0 Å². The van der Waals surface area contributed by atoms with E-state index in [1.165, 1.54) is 0 Å². The zero-order valence-corrected chi connectivity index (χ0v) is 10.4. The Hall–Kier alpha value is -1.16. The first-order valence-corrected chi connectivity index (χ1v) is 5.99. The van der Waals surface area contributed by atoms with E-state index in [1.54, 1.807) is 4.90 Å². The van der Waals surface area contributed by atoms with Crippen LogP contribution in [0.5, 0.6) is 0 Å². The minimum atomic E-state index is 0.0257. The van der Waals surface area contributed by atoms with Crippen LogP contribution in [-0.4, -0.2) is 29.7 Å². The molecule has 0 radical (unpaired) electrons. The highest BCUT2D eigenvalue weighted by molar-refractivity contribution is 9.10. The van der Waals surface area contributed by atoms with Gasteiger partial charge in [-0.05, 0) is 11.6 Å². The largest absolute Gasteiger partial charge is 0.335 e. The monoisotopic (exact) mass is 281 g/mol. The van der Waals surface area contributed by atoms with Crippen molar-refractivity contribution < 1.29 is 9.59 Å². The van der Waals surface area contributed by atoms with Crippen LogP contribution in [0.1, 0.15) is 12.0 Å². The second kappa shape index (κ2) is 4.78. The Labute approximate surface area is 103 Å². The van der Waals surface area contributed by atoms with Crippen LogP contribution in [0, 0.1) is 0 Å². The quantitative estimate of drug-likeness (QED) is 0.829. The molecular weight excluding hydrogens is 270 g/mol. The molecule has 0 spiro atoms. The Morgan fingerprint density at radius 2 is 2.12 bits per heavy atom. The molecule has 4 heteroatoms. The Balaban J connectivity index is 2.03. The number of hydrogen-bond donors (Lipinski definition) is 0. The first-order valence-electron chi connectivity index (χ1n) is 5.19. The first-order chi connectivity index (χ1) is 7.66. The van der Waals surface area contributed by atoms with Crippen LogP contribution in [-0.2, 0) is 16.0 Å². The molecule has 0 saturated carbocycles. The van der Waals surface area contributed by atoms with Gasteiger partial charge in [-0.3, -0.25) is 9.59 Å². The molecule has 1 amide bonds. The van der Waals surface area contributed by atoms with Crippen LogP contribution in [0.4, 0.5) is 0 Å². The Bertz CT molecular complexity index is 431. The number of carbonyl (C=O) groups excluding carboxylic acids is 2. The Morgan fingerprint density at radius 1 is 1.38 bits per heavy atom. The van der Waals surface area contributed by atoms with Crippen molar-refractivity contribution in [3.05, 3.63) is 34.3 Å². The van der Waals surface area contributed by atoms with E-state index in [0.717, 1.165) is 10.0 Å². The molecule has 0 N–H and O–H groups in total. The fourth-order valence-electron chi connectivity index (χ4n) is 1.76. The summed E-state index contributed by atoms with van der Waals surface area (Å²) in [5, 5.41) is 0. The van der Waals surface area contributed by atoms with Crippen molar-refractivity contribution in [3.63, 3.8) is 0 Å². The van der Waals surface area contributed by atoms with Crippen molar-refractivity contribution >= 4 is 27.6 Å². The van der Waals surface area contributed by atoms with E-state index in [2.05, 4.69) is 15.9 Å².